The fourth-order valence-corrected chi connectivity index (χ4v) is 1.66. The van der Waals surface area contributed by atoms with Gasteiger partial charge in [-0.1, -0.05) is 49.1 Å². The molecule has 0 aromatic heterocycles. The SMILES string of the molecule is C=C/C=C(\c1ccccc1)[C@@](C)(O)C(=O)OCC. The zero-order chi connectivity index (χ0) is 13.6. The molecule has 1 N–H and O–H groups in total. The van der Waals surface area contributed by atoms with Crippen molar-refractivity contribution in [1.29, 1.82) is 0 Å². The minimum atomic E-state index is -1.69. The first kappa shape index (κ1) is 14.2. The second-order valence-electron chi connectivity index (χ2n) is 3.97. The van der Waals surface area contributed by atoms with Crippen LogP contribution in [0.25, 0.3) is 5.57 Å². The van der Waals surface area contributed by atoms with Gasteiger partial charge in [0.2, 0.25) is 0 Å². The monoisotopic (exact) mass is 246 g/mol. The summed E-state index contributed by atoms with van der Waals surface area (Å²) in [5, 5.41) is 10.4. The molecule has 18 heavy (non-hydrogen) atoms. The van der Waals surface area contributed by atoms with Crippen LogP contribution >= 0.6 is 0 Å². The molecule has 0 amide bonds. The van der Waals surface area contributed by atoms with E-state index in [4.69, 9.17) is 4.74 Å². The van der Waals surface area contributed by atoms with E-state index in [0.717, 1.165) is 5.56 Å². The third kappa shape index (κ3) is 3.08. The minimum Gasteiger partial charge on any atom is -0.464 e. The maximum atomic E-state index is 11.8. The number of benzene rings is 1. The molecule has 96 valence electrons. The van der Waals surface area contributed by atoms with Crippen LogP contribution in [0.3, 0.4) is 0 Å². The standard InChI is InChI=1S/C15H18O3/c1-4-9-13(12-10-7-6-8-11-12)15(3,17)14(16)18-5-2/h4,6-11,17H,1,5H2,2-3H3/b13-9+/t15-/m1/s1. The molecule has 3 heteroatoms. The smallest absolute Gasteiger partial charge is 0.342 e. The normalized spacial score (nSPS) is 14.7. The largest absolute Gasteiger partial charge is 0.464 e. The second-order valence-corrected chi connectivity index (χ2v) is 3.97. The van der Waals surface area contributed by atoms with Crippen molar-refractivity contribution in [2.75, 3.05) is 6.61 Å². The molecule has 0 fully saturated rings. The van der Waals surface area contributed by atoms with Gasteiger partial charge in [-0.2, -0.15) is 0 Å². The van der Waals surface area contributed by atoms with E-state index in [1.165, 1.54) is 13.0 Å². The highest BCUT2D eigenvalue weighted by atomic mass is 16.5. The Morgan fingerprint density at radius 1 is 1.44 bits per heavy atom. The Bertz CT molecular complexity index is 444. The van der Waals surface area contributed by atoms with E-state index >= 15 is 0 Å². The van der Waals surface area contributed by atoms with Gasteiger partial charge in [0, 0.05) is 5.57 Å². The molecule has 0 unspecified atom stereocenters. The molecule has 3 nitrogen and oxygen atoms in total. The van der Waals surface area contributed by atoms with Gasteiger partial charge in [-0.25, -0.2) is 4.79 Å². The van der Waals surface area contributed by atoms with E-state index < -0.39 is 11.6 Å². The topological polar surface area (TPSA) is 46.5 Å². The molecular formula is C15H18O3. The number of carbonyl (C=O) groups is 1. The molecule has 1 aromatic carbocycles. The molecule has 0 saturated heterocycles. The van der Waals surface area contributed by atoms with Gasteiger partial charge in [0.15, 0.2) is 5.60 Å². The summed E-state index contributed by atoms with van der Waals surface area (Å²) in [6, 6.07) is 9.20. The zero-order valence-electron chi connectivity index (χ0n) is 10.7. The lowest BCUT2D eigenvalue weighted by atomic mass is 9.89. The van der Waals surface area contributed by atoms with Crippen molar-refractivity contribution in [3.63, 3.8) is 0 Å². The van der Waals surface area contributed by atoms with E-state index in [2.05, 4.69) is 6.58 Å². The number of allylic oxidation sites excluding steroid dienone is 2. The van der Waals surface area contributed by atoms with Gasteiger partial charge in [-0.3, -0.25) is 0 Å². The van der Waals surface area contributed by atoms with E-state index in [0.29, 0.717) is 5.57 Å². The number of hydrogen-bond donors (Lipinski definition) is 1. The van der Waals surface area contributed by atoms with Crippen molar-refractivity contribution in [2.45, 2.75) is 19.4 Å². The maximum Gasteiger partial charge on any atom is 0.342 e. The molecule has 1 atom stereocenters. The highest BCUT2D eigenvalue weighted by molar-refractivity contribution is 5.96. The Labute approximate surface area is 107 Å². The van der Waals surface area contributed by atoms with Gasteiger partial charge in [0.1, 0.15) is 0 Å². The van der Waals surface area contributed by atoms with E-state index in [-0.39, 0.29) is 6.61 Å². The molecule has 0 saturated carbocycles. The molecule has 0 aliphatic rings. The lowest BCUT2D eigenvalue weighted by molar-refractivity contribution is -0.157. The van der Waals surface area contributed by atoms with E-state index in [9.17, 15) is 9.90 Å². The summed E-state index contributed by atoms with van der Waals surface area (Å²) < 4.78 is 4.89. The molecule has 0 aliphatic carbocycles. The highest BCUT2D eigenvalue weighted by Crippen LogP contribution is 2.28. The van der Waals surface area contributed by atoms with Gasteiger partial charge in [-0.05, 0) is 19.4 Å². The molecular weight excluding hydrogens is 228 g/mol. The van der Waals surface area contributed by atoms with Crippen LogP contribution in [-0.2, 0) is 9.53 Å². The van der Waals surface area contributed by atoms with Crippen LogP contribution in [0.1, 0.15) is 19.4 Å². The number of ether oxygens (including phenoxy) is 1. The molecule has 1 aromatic rings. The maximum absolute atomic E-state index is 11.8. The van der Waals surface area contributed by atoms with Gasteiger partial charge in [0.05, 0.1) is 6.61 Å². The van der Waals surface area contributed by atoms with Gasteiger partial charge < -0.3 is 9.84 Å². The molecule has 0 aliphatic heterocycles. The minimum absolute atomic E-state index is 0.227. The van der Waals surface area contributed by atoms with Crippen LogP contribution in [0.15, 0.2) is 49.1 Å². The van der Waals surface area contributed by atoms with Crippen LogP contribution in [0.5, 0.6) is 0 Å². The zero-order valence-corrected chi connectivity index (χ0v) is 10.7. The molecule has 0 bridgehead atoms. The molecule has 0 heterocycles. The first-order valence-electron chi connectivity index (χ1n) is 5.82. The quantitative estimate of drug-likeness (QED) is 0.641. The van der Waals surface area contributed by atoms with Crippen molar-refractivity contribution < 1.29 is 14.6 Å². The summed E-state index contributed by atoms with van der Waals surface area (Å²) in [6.45, 7) is 6.96. The molecule has 1 rings (SSSR count). The number of aliphatic hydroxyl groups is 1. The van der Waals surface area contributed by atoms with Crippen LogP contribution in [0, 0.1) is 0 Å². The number of esters is 1. The number of rotatable bonds is 5. The first-order valence-corrected chi connectivity index (χ1v) is 5.82. The fraction of sp³-hybridized carbons (Fsp3) is 0.267. The summed E-state index contributed by atoms with van der Waals surface area (Å²) in [6.07, 6.45) is 3.16. The molecule has 0 spiro atoms. The predicted molar refractivity (Wildman–Crippen MR) is 71.9 cm³/mol. The summed E-state index contributed by atoms with van der Waals surface area (Å²) in [5.74, 6) is -0.665. The van der Waals surface area contributed by atoms with Gasteiger partial charge >= 0.3 is 5.97 Å². The van der Waals surface area contributed by atoms with Crippen LogP contribution in [-0.4, -0.2) is 23.3 Å². The summed E-state index contributed by atoms with van der Waals surface area (Å²) in [5.41, 5.74) is -0.460. The second kappa shape index (κ2) is 6.17. The number of carbonyl (C=O) groups excluding carboxylic acids is 1. The summed E-state index contributed by atoms with van der Waals surface area (Å²) in [7, 11) is 0. The Kier molecular flexibility index (Phi) is 4.86. The van der Waals surface area contributed by atoms with E-state index in [1.54, 1.807) is 13.0 Å². The summed E-state index contributed by atoms with van der Waals surface area (Å²) >= 11 is 0. The molecule has 0 radical (unpaired) electrons. The van der Waals surface area contributed by atoms with Crippen LogP contribution < -0.4 is 0 Å². The average molecular weight is 246 g/mol. The lowest BCUT2D eigenvalue weighted by Crippen LogP contribution is -2.38. The predicted octanol–water partition coefficient (Wildman–Crippen LogP) is 2.57. The van der Waals surface area contributed by atoms with Gasteiger partial charge in [0.25, 0.3) is 0 Å². The fourth-order valence-electron chi connectivity index (χ4n) is 1.66. The Morgan fingerprint density at radius 2 is 2.06 bits per heavy atom. The Morgan fingerprint density at radius 3 is 2.56 bits per heavy atom. The third-order valence-corrected chi connectivity index (χ3v) is 2.57. The summed E-state index contributed by atoms with van der Waals surface area (Å²) in [4.78, 5) is 11.8. The third-order valence-electron chi connectivity index (χ3n) is 2.57. The van der Waals surface area contributed by atoms with Crippen molar-refractivity contribution in [2.24, 2.45) is 0 Å². The van der Waals surface area contributed by atoms with Crippen molar-refractivity contribution >= 4 is 11.5 Å². The average Bonchev–Trinajstić information content (AvgIpc) is 2.37. The van der Waals surface area contributed by atoms with Crippen molar-refractivity contribution in [3.8, 4) is 0 Å². The first-order chi connectivity index (χ1) is 8.54. The van der Waals surface area contributed by atoms with Crippen LogP contribution in [0.4, 0.5) is 0 Å². The Balaban J connectivity index is 3.18. The highest BCUT2D eigenvalue weighted by Gasteiger charge is 2.36. The number of hydrogen-bond acceptors (Lipinski definition) is 3. The van der Waals surface area contributed by atoms with Crippen molar-refractivity contribution in [1.82, 2.24) is 0 Å². The lowest BCUT2D eigenvalue weighted by Gasteiger charge is -2.24. The van der Waals surface area contributed by atoms with Crippen LogP contribution in [0.2, 0.25) is 0 Å². The Hall–Kier alpha value is -1.87. The van der Waals surface area contributed by atoms with Gasteiger partial charge in [-0.15, -0.1) is 0 Å². The van der Waals surface area contributed by atoms with Crippen molar-refractivity contribution in [3.05, 3.63) is 54.6 Å². The van der Waals surface area contributed by atoms with E-state index in [1.807, 2.05) is 30.3 Å².